The van der Waals surface area contributed by atoms with Gasteiger partial charge in [0.2, 0.25) is 0 Å². The third-order valence-electron chi connectivity index (χ3n) is 4.41. The molecule has 0 amide bonds. The number of carbonyl (C=O) groups excluding carboxylic acids is 1. The molecule has 0 radical (unpaired) electrons. The van der Waals surface area contributed by atoms with Crippen LogP contribution in [0.4, 0.5) is 0 Å². The van der Waals surface area contributed by atoms with Gasteiger partial charge in [0.25, 0.3) is 0 Å². The fourth-order valence-corrected chi connectivity index (χ4v) is 3.16. The van der Waals surface area contributed by atoms with Crippen LogP contribution >= 0.6 is 0 Å². The maximum absolute atomic E-state index is 11.5. The van der Waals surface area contributed by atoms with Crippen LogP contribution in [0.25, 0.3) is 0 Å². The molecular formula is C16H32N2O2. The van der Waals surface area contributed by atoms with Crippen molar-refractivity contribution in [2.24, 2.45) is 5.73 Å². The molecule has 1 fully saturated rings. The molecule has 1 saturated heterocycles. The predicted molar refractivity (Wildman–Crippen MR) is 82.6 cm³/mol. The predicted octanol–water partition coefficient (Wildman–Crippen LogP) is 2.70. The molecule has 2 atom stereocenters. The van der Waals surface area contributed by atoms with E-state index >= 15 is 0 Å². The van der Waals surface area contributed by atoms with Crippen LogP contribution in [0.15, 0.2) is 0 Å². The smallest absolute Gasteiger partial charge is 0.325 e. The lowest BCUT2D eigenvalue weighted by molar-refractivity contribution is -0.146. The summed E-state index contributed by atoms with van der Waals surface area (Å²) in [5, 5.41) is 0. The third-order valence-corrected chi connectivity index (χ3v) is 4.41. The van der Waals surface area contributed by atoms with E-state index in [0.717, 1.165) is 25.4 Å². The third kappa shape index (κ3) is 5.41. The Morgan fingerprint density at radius 3 is 2.80 bits per heavy atom. The Morgan fingerprint density at radius 1 is 1.40 bits per heavy atom. The summed E-state index contributed by atoms with van der Waals surface area (Å²) < 4.78 is 4.74. The zero-order valence-electron chi connectivity index (χ0n) is 13.5. The van der Waals surface area contributed by atoms with Crippen molar-refractivity contribution in [2.45, 2.75) is 76.8 Å². The minimum atomic E-state index is -0.834. The highest BCUT2D eigenvalue weighted by atomic mass is 16.5. The molecule has 20 heavy (non-hydrogen) atoms. The van der Waals surface area contributed by atoms with Gasteiger partial charge in [0.15, 0.2) is 0 Å². The second kappa shape index (κ2) is 8.63. The number of nitrogens with two attached hydrogens (primary N) is 1. The second-order valence-corrected chi connectivity index (χ2v) is 6.34. The van der Waals surface area contributed by atoms with Crippen molar-refractivity contribution in [3.63, 3.8) is 0 Å². The van der Waals surface area contributed by atoms with Crippen LogP contribution in [0, 0.1) is 0 Å². The quantitative estimate of drug-likeness (QED) is 0.550. The largest absolute Gasteiger partial charge is 0.468 e. The first-order chi connectivity index (χ1) is 9.51. The van der Waals surface area contributed by atoms with Gasteiger partial charge in [0.1, 0.15) is 5.54 Å². The van der Waals surface area contributed by atoms with Crippen molar-refractivity contribution in [1.29, 1.82) is 0 Å². The normalized spacial score (nSPS) is 23.3. The van der Waals surface area contributed by atoms with Gasteiger partial charge in [-0.15, -0.1) is 0 Å². The van der Waals surface area contributed by atoms with Crippen molar-refractivity contribution >= 4 is 5.97 Å². The summed E-state index contributed by atoms with van der Waals surface area (Å²) in [6, 6.07) is 0.776. The maximum Gasteiger partial charge on any atom is 0.325 e. The van der Waals surface area contributed by atoms with Crippen LogP contribution in [-0.4, -0.2) is 42.6 Å². The van der Waals surface area contributed by atoms with Crippen molar-refractivity contribution in [2.75, 3.05) is 20.2 Å². The van der Waals surface area contributed by atoms with Crippen molar-refractivity contribution in [1.82, 2.24) is 4.90 Å². The first-order valence-corrected chi connectivity index (χ1v) is 8.12. The summed E-state index contributed by atoms with van der Waals surface area (Å²) in [6.45, 7) is 6.41. The number of hydrogen-bond acceptors (Lipinski definition) is 4. The number of nitrogens with zero attached hydrogens (tertiary/aromatic N) is 1. The molecule has 1 rings (SSSR count). The molecule has 0 aromatic heterocycles. The summed E-state index contributed by atoms with van der Waals surface area (Å²) in [6.07, 6.45) is 9.44. The Hall–Kier alpha value is -0.610. The molecule has 1 heterocycles. The fourth-order valence-electron chi connectivity index (χ4n) is 3.16. The van der Waals surface area contributed by atoms with Gasteiger partial charge in [-0.2, -0.15) is 0 Å². The van der Waals surface area contributed by atoms with E-state index in [1.807, 2.05) is 0 Å². The SMILES string of the molecule is CCCC1CCCCN1CCCCC(C)(N)C(=O)OC. The molecule has 0 saturated carbocycles. The molecular weight excluding hydrogens is 252 g/mol. The molecule has 1 aliphatic rings. The summed E-state index contributed by atoms with van der Waals surface area (Å²) in [7, 11) is 1.40. The zero-order valence-corrected chi connectivity index (χ0v) is 13.5. The van der Waals surface area contributed by atoms with Crippen LogP contribution in [-0.2, 0) is 9.53 Å². The van der Waals surface area contributed by atoms with Gasteiger partial charge in [-0.3, -0.25) is 4.79 Å². The monoisotopic (exact) mass is 284 g/mol. The van der Waals surface area contributed by atoms with Crippen LogP contribution in [0.1, 0.15) is 65.2 Å². The van der Waals surface area contributed by atoms with Crippen molar-refractivity contribution in [3.05, 3.63) is 0 Å². The summed E-state index contributed by atoms with van der Waals surface area (Å²) in [5.74, 6) is -0.306. The first-order valence-electron chi connectivity index (χ1n) is 8.12. The molecule has 0 aromatic rings. The number of likely N-dealkylation sites (tertiary alicyclic amines) is 1. The highest BCUT2D eigenvalue weighted by Gasteiger charge is 2.29. The topological polar surface area (TPSA) is 55.6 Å². The van der Waals surface area contributed by atoms with Crippen LogP contribution in [0.2, 0.25) is 0 Å². The number of rotatable bonds is 8. The molecule has 2 N–H and O–H groups in total. The van der Waals surface area contributed by atoms with Gasteiger partial charge in [-0.25, -0.2) is 0 Å². The van der Waals surface area contributed by atoms with Gasteiger partial charge in [0.05, 0.1) is 7.11 Å². The number of ether oxygens (including phenoxy) is 1. The van der Waals surface area contributed by atoms with E-state index in [0.29, 0.717) is 6.42 Å². The van der Waals surface area contributed by atoms with E-state index < -0.39 is 5.54 Å². The fraction of sp³-hybridized carbons (Fsp3) is 0.938. The van der Waals surface area contributed by atoms with E-state index in [2.05, 4.69) is 11.8 Å². The molecule has 2 unspecified atom stereocenters. The van der Waals surface area contributed by atoms with E-state index in [9.17, 15) is 4.79 Å². The highest BCUT2D eigenvalue weighted by molar-refractivity contribution is 5.79. The summed E-state index contributed by atoms with van der Waals surface area (Å²) in [5.41, 5.74) is 5.14. The Balaban J connectivity index is 2.27. The highest BCUT2D eigenvalue weighted by Crippen LogP contribution is 2.22. The molecule has 0 spiro atoms. The summed E-state index contributed by atoms with van der Waals surface area (Å²) >= 11 is 0. The zero-order chi connectivity index (χ0) is 15.0. The van der Waals surface area contributed by atoms with E-state index in [1.165, 1.54) is 45.8 Å². The molecule has 4 heteroatoms. The van der Waals surface area contributed by atoms with Gasteiger partial charge < -0.3 is 15.4 Å². The Bertz CT molecular complexity index is 290. The number of esters is 1. The van der Waals surface area contributed by atoms with Crippen LogP contribution < -0.4 is 5.73 Å². The maximum atomic E-state index is 11.5. The Kier molecular flexibility index (Phi) is 7.52. The average molecular weight is 284 g/mol. The molecule has 0 aliphatic carbocycles. The molecule has 0 bridgehead atoms. The van der Waals surface area contributed by atoms with Gasteiger partial charge in [-0.1, -0.05) is 19.8 Å². The van der Waals surface area contributed by atoms with Crippen molar-refractivity contribution in [3.8, 4) is 0 Å². The van der Waals surface area contributed by atoms with Gasteiger partial charge >= 0.3 is 5.97 Å². The first kappa shape index (κ1) is 17.4. The van der Waals surface area contributed by atoms with E-state index in [4.69, 9.17) is 10.5 Å². The number of methoxy groups -OCH3 is 1. The van der Waals surface area contributed by atoms with E-state index in [-0.39, 0.29) is 5.97 Å². The Labute approximate surface area is 124 Å². The second-order valence-electron chi connectivity index (χ2n) is 6.34. The van der Waals surface area contributed by atoms with Gasteiger partial charge in [-0.05, 0) is 58.5 Å². The lowest BCUT2D eigenvalue weighted by Gasteiger charge is -2.36. The number of unbranched alkanes of at least 4 members (excludes halogenated alkanes) is 1. The minimum Gasteiger partial charge on any atom is -0.468 e. The van der Waals surface area contributed by atoms with Crippen LogP contribution in [0.3, 0.4) is 0 Å². The molecule has 0 aromatic carbocycles. The summed E-state index contributed by atoms with van der Waals surface area (Å²) in [4.78, 5) is 14.1. The number of piperidine rings is 1. The van der Waals surface area contributed by atoms with Gasteiger partial charge in [0, 0.05) is 6.04 Å². The number of hydrogen-bond donors (Lipinski definition) is 1. The molecule has 118 valence electrons. The molecule has 4 nitrogen and oxygen atoms in total. The van der Waals surface area contributed by atoms with Crippen molar-refractivity contribution < 1.29 is 9.53 Å². The average Bonchev–Trinajstić information content (AvgIpc) is 2.44. The Morgan fingerprint density at radius 2 is 2.15 bits per heavy atom. The van der Waals surface area contributed by atoms with Crippen LogP contribution in [0.5, 0.6) is 0 Å². The van der Waals surface area contributed by atoms with E-state index in [1.54, 1.807) is 6.92 Å². The lowest BCUT2D eigenvalue weighted by Crippen LogP contribution is -2.46. The number of carbonyl (C=O) groups is 1. The lowest BCUT2D eigenvalue weighted by atomic mass is 9.95. The standard InChI is InChI=1S/C16H32N2O2/c1-4-9-14-10-5-7-12-18(14)13-8-6-11-16(2,17)15(19)20-3/h14H,4-13,17H2,1-3H3. The minimum absolute atomic E-state index is 0.306. The molecule has 1 aliphatic heterocycles.